The number of aliphatic hydroxyl groups excluding tert-OH is 1. The first-order chi connectivity index (χ1) is 6.07. The molecule has 0 heterocycles. The van der Waals surface area contributed by atoms with E-state index in [1.807, 2.05) is 14.1 Å². The van der Waals surface area contributed by atoms with Crippen LogP contribution >= 0.6 is 0 Å². The SMILES string of the molecule is CN(C)C(C)(C)C(O)CCC(C)(C)C. The molecule has 2 heteroatoms. The summed E-state index contributed by atoms with van der Waals surface area (Å²) in [6.07, 6.45) is 1.68. The molecule has 0 rings (SSSR count). The Hall–Kier alpha value is -0.0800. The second kappa shape index (κ2) is 4.63. The normalized spacial score (nSPS) is 16.1. The zero-order valence-corrected chi connectivity index (χ0v) is 10.9. The summed E-state index contributed by atoms with van der Waals surface area (Å²) in [5.41, 5.74) is 0.175. The second-order valence-electron chi connectivity index (χ2n) is 6.16. The van der Waals surface area contributed by atoms with Crippen molar-refractivity contribution in [3.8, 4) is 0 Å². The van der Waals surface area contributed by atoms with Gasteiger partial charge in [0.2, 0.25) is 0 Å². The molecule has 1 N–H and O–H groups in total. The van der Waals surface area contributed by atoms with Gasteiger partial charge in [-0.25, -0.2) is 0 Å². The van der Waals surface area contributed by atoms with E-state index >= 15 is 0 Å². The summed E-state index contributed by atoms with van der Waals surface area (Å²) in [4.78, 5) is 2.08. The van der Waals surface area contributed by atoms with Crippen molar-refractivity contribution in [1.29, 1.82) is 0 Å². The first kappa shape index (κ1) is 13.9. The molecule has 0 radical (unpaired) electrons. The van der Waals surface area contributed by atoms with Gasteiger partial charge in [0.05, 0.1) is 6.10 Å². The molecule has 0 aromatic heterocycles. The highest BCUT2D eigenvalue weighted by molar-refractivity contribution is 4.86. The Morgan fingerprint density at radius 1 is 1.07 bits per heavy atom. The Bertz CT molecular complexity index is 168. The van der Waals surface area contributed by atoms with Crippen LogP contribution in [0.25, 0.3) is 0 Å². The molecule has 0 amide bonds. The Balaban J connectivity index is 4.15. The zero-order valence-electron chi connectivity index (χ0n) is 10.9. The molecule has 0 aliphatic carbocycles. The number of aliphatic hydroxyl groups is 1. The van der Waals surface area contributed by atoms with Crippen LogP contribution in [0, 0.1) is 5.41 Å². The lowest BCUT2D eigenvalue weighted by Gasteiger charge is -2.38. The third-order valence-corrected chi connectivity index (χ3v) is 3.14. The largest absolute Gasteiger partial charge is 0.391 e. The van der Waals surface area contributed by atoms with E-state index < -0.39 is 0 Å². The fraction of sp³-hybridized carbons (Fsp3) is 1.00. The lowest BCUT2D eigenvalue weighted by molar-refractivity contribution is 0.00610. The molecule has 0 fully saturated rings. The molecule has 0 aromatic carbocycles. The molecular weight excluding hydrogens is 174 g/mol. The molecule has 1 atom stereocenters. The molecule has 2 nitrogen and oxygen atoms in total. The van der Waals surface area contributed by atoms with Crippen molar-refractivity contribution in [3.05, 3.63) is 0 Å². The standard InChI is InChI=1S/C12H27NO/c1-11(2,3)9-8-10(14)12(4,5)13(6)7/h10,14H,8-9H2,1-7H3. The van der Waals surface area contributed by atoms with Gasteiger partial charge in [0, 0.05) is 5.54 Å². The van der Waals surface area contributed by atoms with E-state index in [2.05, 4.69) is 39.5 Å². The highest BCUT2D eigenvalue weighted by Gasteiger charge is 2.30. The fourth-order valence-corrected chi connectivity index (χ4v) is 1.22. The first-order valence-electron chi connectivity index (χ1n) is 5.43. The lowest BCUT2D eigenvalue weighted by atomic mass is 9.84. The molecule has 0 bridgehead atoms. The smallest absolute Gasteiger partial charge is 0.0718 e. The summed E-state index contributed by atoms with van der Waals surface area (Å²) in [5.74, 6) is 0. The van der Waals surface area contributed by atoms with Crippen LogP contribution in [-0.2, 0) is 0 Å². The molecule has 86 valence electrons. The van der Waals surface area contributed by atoms with Crippen LogP contribution in [0.2, 0.25) is 0 Å². The molecule has 0 spiro atoms. The summed E-state index contributed by atoms with van der Waals surface area (Å²) in [7, 11) is 4.03. The minimum Gasteiger partial charge on any atom is -0.391 e. The van der Waals surface area contributed by atoms with E-state index in [1.165, 1.54) is 0 Å². The van der Waals surface area contributed by atoms with Gasteiger partial charge in [0.15, 0.2) is 0 Å². The maximum absolute atomic E-state index is 10.1. The van der Waals surface area contributed by atoms with E-state index in [0.717, 1.165) is 12.8 Å². The summed E-state index contributed by atoms with van der Waals surface area (Å²) < 4.78 is 0. The summed E-state index contributed by atoms with van der Waals surface area (Å²) in [5, 5.41) is 10.1. The van der Waals surface area contributed by atoms with Crippen LogP contribution < -0.4 is 0 Å². The average molecular weight is 201 g/mol. The van der Waals surface area contributed by atoms with Gasteiger partial charge in [-0.15, -0.1) is 0 Å². The Morgan fingerprint density at radius 2 is 1.50 bits per heavy atom. The van der Waals surface area contributed by atoms with E-state index in [1.54, 1.807) is 0 Å². The summed E-state index contributed by atoms with van der Waals surface area (Å²) in [6.45, 7) is 10.8. The van der Waals surface area contributed by atoms with Gasteiger partial charge in [-0.3, -0.25) is 0 Å². The van der Waals surface area contributed by atoms with Crippen LogP contribution in [-0.4, -0.2) is 35.7 Å². The molecule has 0 aromatic rings. The third-order valence-electron chi connectivity index (χ3n) is 3.14. The van der Waals surface area contributed by atoms with Crippen LogP contribution in [0.1, 0.15) is 47.5 Å². The zero-order chi connectivity index (χ0) is 11.6. The van der Waals surface area contributed by atoms with Crippen LogP contribution in [0.3, 0.4) is 0 Å². The van der Waals surface area contributed by atoms with Gasteiger partial charge in [-0.1, -0.05) is 20.8 Å². The average Bonchev–Trinajstić information content (AvgIpc) is 1.98. The monoisotopic (exact) mass is 201 g/mol. The Kier molecular flexibility index (Phi) is 4.60. The number of nitrogens with zero attached hydrogens (tertiary/aromatic N) is 1. The van der Waals surface area contributed by atoms with Gasteiger partial charge in [0.1, 0.15) is 0 Å². The van der Waals surface area contributed by atoms with Crippen molar-refractivity contribution >= 4 is 0 Å². The predicted octanol–water partition coefficient (Wildman–Crippen LogP) is 2.51. The minimum absolute atomic E-state index is 0.134. The number of hydrogen-bond acceptors (Lipinski definition) is 2. The predicted molar refractivity (Wildman–Crippen MR) is 62.5 cm³/mol. The highest BCUT2D eigenvalue weighted by Crippen LogP contribution is 2.26. The van der Waals surface area contributed by atoms with E-state index in [-0.39, 0.29) is 11.6 Å². The van der Waals surface area contributed by atoms with Crippen molar-refractivity contribution in [2.24, 2.45) is 5.41 Å². The van der Waals surface area contributed by atoms with Crippen molar-refractivity contribution < 1.29 is 5.11 Å². The maximum atomic E-state index is 10.1. The molecule has 0 saturated carbocycles. The van der Waals surface area contributed by atoms with Gasteiger partial charge >= 0.3 is 0 Å². The summed E-state index contributed by atoms with van der Waals surface area (Å²) >= 11 is 0. The Labute approximate surface area is 89.3 Å². The van der Waals surface area contributed by atoms with Crippen molar-refractivity contribution in [3.63, 3.8) is 0 Å². The molecule has 14 heavy (non-hydrogen) atoms. The fourth-order valence-electron chi connectivity index (χ4n) is 1.22. The third kappa shape index (κ3) is 4.43. The summed E-state index contributed by atoms with van der Waals surface area (Å²) in [6, 6.07) is 0. The number of rotatable bonds is 4. The molecule has 0 saturated heterocycles. The van der Waals surface area contributed by atoms with Crippen molar-refractivity contribution in [1.82, 2.24) is 4.90 Å². The van der Waals surface area contributed by atoms with Crippen LogP contribution in [0.4, 0.5) is 0 Å². The van der Waals surface area contributed by atoms with Gasteiger partial charge < -0.3 is 10.0 Å². The van der Waals surface area contributed by atoms with Gasteiger partial charge in [-0.05, 0) is 46.2 Å². The van der Waals surface area contributed by atoms with Crippen molar-refractivity contribution in [2.75, 3.05) is 14.1 Å². The molecular formula is C12H27NO. The van der Waals surface area contributed by atoms with Crippen molar-refractivity contribution in [2.45, 2.75) is 59.1 Å². The van der Waals surface area contributed by atoms with E-state index in [9.17, 15) is 5.11 Å². The van der Waals surface area contributed by atoms with Gasteiger partial charge in [-0.2, -0.15) is 0 Å². The van der Waals surface area contributed by atoms with E-state index in [4.69, 9.17) is 0 Å². The second-order valence-corrected chi connectivity index (χ2v) is 6.16. The maximum Gasteiger partial charge on any atom is 0.0718 e. The highest BCUT2D eigenvalue weighted by atomic mass is 16.3. The number of hydrogen-bond donors (Lipinski definition) is 1. The molecule has 0 aliphatic heterocycles. The molecule has 1 unspecified atom stereocenters. The minimum atomic E-state index is -0.253. The van der Waals surface area contributed by atoms with Crippen LogP contribution in [0.15, 0.2) is 0 Å². The van der Waals surface area contributed by atoms with Crippen LogP contribution in [0.5, 0.6) is 0 Å². The number of likely N-dealkylation sites (N-methyl/N-ethyl adjacent to an activating group) is 1. The van der Waals surface area contributed by atoms with Gasteiger partial charge in [0.25, 0.3) is 0 Å². The lowest BCUT2D eigenvalue weighted by Crippen LogP contribution is -2.48. The molecule has 0 aliphatic rings. The van der Waals surface area contributed by atoms with E-state index in [0.29, 0.717) is 5.41 Å². The first-order valence-corrected chi connectivity index (χ1v) is 5.43. The Morgan fingerprint density at radius 3 is 1.79 bits per heavy atom. The quantitative estimate of drug-likeness (QED) is 0.755. The topological polar surface area (TPSA) is 23.5 Å².